The standard InChI is InChI=1S/C17H20F2N2O/c1-20-14-7-3-2-6-12(14)10-13(17(20)22)11-21-9-5-4-8-15(21)16(18)19/h2-3,6-7,10,15-16H,4-5,8-9,11H2,1H3. The van der Waals surface area contributed by atoms with Crippen molar-refractivity contribution < 1.29 is 8.78 Å². The fourth-order valence-electron chi connectivity index (χ4n) is 3.32. The molecule has 1 aliphatic rings. The van der Waals surface area contributed by atoms with E-state index in [2.05, 4.69) is 0 Å². The Morgan fingerprint density at radius 1 is 1.27 bits per heavy atom. The Kier molecular flexibility index (Phi) is 4.25. The first-order chi connectivity index (χ1) is 10.6. The number of hydrogen-bond donors (Lipinski definition) is 0. The molecule has 1 aromatic carbocycles. The zero-order valence-electron chi connectivity index (χ0n) is 12.6. The summed E-state index contributed by atoms with van der Waals surface area (Å²) in [7, 11) is 1.73. The van der Waals surface area contributed by atoms with Crippen LogP contribution in [0.3, 0.4) is 0 Å². The molecule has 0 bridgehead atoms. The Bertz CT molecular complexity index is 726. The highest BCUT2D eigenvalue weighted by molar-refractivity contribution is 5.79. The maximum Gasteiger partial charge on any atom is 0.255 e. The van der Waals surface area contributed by atoms with Gasteiger partial charge in [-0.3, -0.25) is 9.69 Å². The van der Waals surface area contributed by atoms with Gasteiger partial charge in [-0.25, -0.2) is 8.78 Å². The van der Waals surface area contributed by atoms with Crippen LogP contribution in [0.25, 0.3) is 10.9 Å². The molecule has 0 saturated carbocycles. The molecule has 1 aromatic heterocycles. The van der Waals surface area contributed by atoms with E-state index in [1.165, 1.54) is 0 Å². The first kappa shape index (κ1) is 15.2. The molecule has 0 spiro atoms. The summed E-state index contributed by atoms with van der Waals surface area (Å²) in [6.07, 6.45) is -0.103. The minimum atomic E-state index is -2.36. The second-order valence-electron chi connectivity index (χ2n) is 5.96. The van der Waals surface area contributed by atoms with Gasteiger partial charge in [0.25, 0.3) is 12.0 Å². The molecule has 5 heteroatoms. The summed E-state index contributed by atoms with van der Waals surface area (Å²) in [5.74, 6) is 0. The van der Waals surface area contributed by atoms with Crippen molar-refractivity contribution >= 4 is 10.9 Å². The molecule has 0 aliphatic carbocycles. The number of nitrogens with zero attached hydrogens (tertiary/aromatic N) is 2. The van der Waals surface area contributed by atoms with Gasteiger partial charge >= 0.3 is 0 Å². The van der Waals surface area contributed by atoms with Gasteiger partial charge in [0.05, 0.1) is 11.6 Å². The molecule has 0 amide bonds. The number of benzene rings is 1. The lowest BCUT2D eigenvalue weighted by Crippen LogP contribution is -2.44. The first-order valence-electron chi connectivity index (χ1n) is 7.68. The third kappa shape index (κ3) is 2.77. The highest BCUT2D eigenvalue weighted by Gasteiger charge is 2.30. The van der Waals surface area contributed by atoms with Crippen molar-refractivity contribution in [3.63, 3.8) is 0 Å². The number of aryl methyl sites for hydroxylation is 1. The summed E-state index contributed by atoms with van der Waals surface area (Å²) in [5, 5.41) is 0.963. The Hall–Kier alpha value is -1.75. The maximum absolute atomic E-state index is 13.2. The number of hydrogen-bond acceptors (Lipinski definition) is 2. The molecule has 1 unspecified atom stereocenters. The molecule has 0 N–H and O–H groups in total. The molecule has 3 rings (SSSR count). The van der Waals surface area contributed by atoms with Gasteiger partial charge in [0.15, 0.2) is 0 Å². The molecular weight excluding hydrogens is 286 g/mol. The number of para-hydroxylation sites is 1. The minimum absolute atomic E-state index is 0.0997. The normalized spacial score (nSPS) is 19.9. The lowest BCUT2D eigenvalue weighted by Gasteiger charge is -2.35. The van der Waals surface area contributed by atoms with E-state index < -0.39 is 12.5 Å². The zero-order chi connectivity index (χ0) is 15.7. The Morgan fingerprint density at radius 2 is 2.05 bits per heavy atom. The predicted molar refractivity (Wildman–Crippen MR) is 83.2 cm³/mol. The second-order valence-corrected chi connectivity index (χ2v) is 5.96. The summed E-state index contributed by atoms with van der Waals surface area (Å²) < 4.78 is 28.0. The van der Waals surface area contributed by atoms with Crippen LogP contribution in [0, 0.1) is 0 Å². The Balaban J connectivity index is 1.96. The number of fused-ring (bicyclic) bond motifs is 1. The maximum atomic E-state index is 13.2. The summed E-state index contributed by atoms with van der Waals surface area (Å²) >= 11 is 0. The molecule has 1 saturated heterocycles. The summed E-state index contributed by atoms with van der Waals surface area (Å²) in [6, 6.07) is 8.75. The highest BCUT2D eigenvalue weighted by atomic mass is 19.3. The largest absolute Gasteiger partial charge is 0.311 e. The molecular formula is C17H20F2N2O. The minimum Gasteiger partial charge on any atom is -0.311 e. The SMILES string of the molecule is Cn1c(=O)c(CN2CCCCC2C(F)F)cc2ccccc21. The van der Waals surface area contributed by atoms with Crippen molar-refractivity contribution in [1.29, 1.82) is 0 Å². The van der Waals surface area contributed by atoms with Crippen LogP contribution in [0.15, 0.2) is 35.1 Å². The molecule has 1 fully saturated rings. The number of pyridine rings is 1. The van der Waals surface area contributed by atoms with Crippen molar-refractivity contribution in [2.45, 2.75) is 38.3 Å². The van der Waals surface area contributed by atoms with Gasteiger partial charge in [-0.1, -0.05) is 24.6 Å². The zero-order valence-corrected chi connectivity index (χ0v) is 12.6. The average Bonchev–Trinajstić information content (AvgIpc) is 2.52. The predicted octanol–water partition coefficient (Wildman–Crippen LogP) is 3.16. The van der Waals surface area contributed by atoms with Crippen molar-refractivity contribution in [1.82, 2.24) is 9.47 Å². The summed E-state index contributed by atoms with van der Waals surface area (Å²) in [5.41, 5.74) is 1.35. The monoisotopic (exact) mass is 306 g/mol. The van der Waals surface area contributed by atoms with Gasteiger partial charge in [-0.2, -0.15) is 0 Å². The Morgan fingerprint density at radius 3 is 2.82 bits per heavy atom. The number of halogens is 2. The van der Waals surface area contributed by atoms with E-state index in [9.17, 15) is 13.6 Å². The first-order valence-corrected chi connectivity index (χ1v) is 7.68. The second kappa shape index (κ2) is 6.16. The van der Waals surface area contributed by atoms with Crippen molar-refractivity contribution in [2.24, 2.45) is 7.05 Å². The fraction of sp³-hybridized carbons (Fsp3) is 0.471. The average molecular weight is 306 g/mol. The smallest absolute Gasteiger partial charge is 0.255 e. The molecule has 0 radical (unpaired) electrons. The number of likely N-dealkylation sites (tertiary alicyclic amines) is 1. The third-order valence-electron chi connectivity index (χ3n) is 4.54. The van der Waals surface area contributed by atoms with E-state index in [-0.39, 0.29) is 5.56 Å². The van der Waals surface area contributed by atoms with Crippen LogP contribution in [-0.2, 0) is 13.6 Å². The van der Waals surface area contributed by atoms with Gasteiger partial charge in [0.2, 0.25) is 0 Å². The quantitative estimate of drug-likeness (QED) is 0.870. The van der Waals surface area contributed by atoms with Crippen LogP contribution < -0.4 is 5.56 Å². The van der Waals surface area contributed by atoms with E-state index in [0.717, 1.165) is 23.7 Å². The fourth-order valence-corrected chi connectivity index (χ4v) is 3.32. The van der Waals surface area contributed by atoms with Crippen LogP contribution >= 0.6 is 0 Å². The molecule has 118 valence electrons. The highest BCUT2D eigenvalue weighted by Crippen LogP contribution is 2.24. The van der Waals surface area contributed by atoms with Crippen LogP contribution in [0.4, 0.5) is 8.78 Å². The van der Waals surface area contributed by atoms with E-state index in [1.54, 1.807) is 16.5 Å². The van der Waals surface area contributed by atoms with Gasteiger partial charge in [0, 0.05) is 19.2 Å². The van der Waals surface area contributed by atoms with E-state index in [1.807, 2.05) is 30.3 Å². The van der Waals surface area contributed by atoms with Gasteiger partial charge in [0.1, 0.15) is 0 Å². The van der Waals surface area contributed by atoms with E-state index in [4.69, 9.17) is 0 Å². The van der Waals surface area contributed by atoms with Crippen LogP contribution in [-0.4, -0.2) is 28.5 Å². The van der Waals surface area contributed by atoms with Gasteiger partial charge in [-0.15, -0.1) is 0 Å². The lowest BCUT2D eigenvalue weighted by atomic mass is 10.0. The number of aromatic nitrogens is 1. The lowest BCUT2D eigenvalue weighted by molar-refractivity contribution is -0.0000167. The number of rotatable bonds is 3. The van der Waals surface area contributed by atoms with Crippen molar-refractivity contribution in [3.05, 3.63) is 46.2 Å². The molecule has 1 atom stereocenters. The molecule has 1 aliphatic heterocycles. The van der Waals surface area contributed by atoms with Crippen LogP contribution in [0.1, 0.15) is 24.8 Å². The molecule has 2 aromatic rings. The van der Waals surface area contributed by atoms with Crippen LogP contribution in [0.5, 0.6) is 0 Å². The molecule has 22 heavy (non-hydrogen) atoms. The molecule has 3 nitrogen and oxygen atoms in total. The third-order valence-corrected chi connectivity index (χ3v) is 4.54. The van der Waals surface area contributed by atoms with Gasteiger partial charge in [-0.05, 0) is 36.9 Å². The van der Waals surface area contributed by atoms with Crippen molar-refractivity contribution in [3.8, 4) is 0 Å². The number of alkyl halides is 2. The van der Waals surface area contributed by atoms with E-state index in [0.29, 0.717) is 25.1 Å². The van der Waals surface area contributed by atoms with Gasteiger partial charge < -0.3 is 4.57 Å². The topological polar surface area (TPSA) is 25.2 Å². The summed E-state index contributed by atoms with van der Waals surface area (Å²) in [6.45, 7) is 0.928. The van der Waals surface area contributed by atoms with Crippen LogP contribution in [0.2, 0.25) is 0 Å². The Labute approximate surface area is 128 Å². The van der Waals surface area contributed by atoms with E-state index >= 15 is 0 Å². The summed E-state index contributed by atoms with van der Waals surface area (Å²) in [4.78, 5) is 14.2. The van der Waals surface area contributed by atoms with Crippen molar-refractivity contribution in [2.75, 3.05) is 6.54 Å². The number of piperidine rings is 1. The molecule has 2 heterocycles.